The Bertz CT molecular complexity index is 932. The summed E-state index contributed by atoms with van der Waals surface area (Å²) >= 11 is 0. The van der Waals surface area contributed by atoms with Gasteiger partial charge >= 0.3 is 0 Å². The number of hydrogen-bond acceptors (Lipinski definition) is 5. The van der Waals surface area contributed by atoms with Gasteiger partial charge in [-0.25, -0.2) is 8.42 Å². The van der Waals surface area contributed by atoms with Gasteiger partial charge < -0.3 is 9.64 Å². The van der Waals surface area contributed by atoms with Gasteiger partial charge in [0.2, 0.25) is 15.9 Å². The van der Waals surface area contributed by atoms with E-state index in [2.05, 4.69) is 6.92 Å². The van der Waals surface area contributed by atoms with Crippen LogP contribution in [0.3, 0.4) is 0 Å². The third-order valence-electron chi connectivity index (χ3n) is 6.51. The monoisotopic (exact) mass is 449 g/mol. The van der Waals surface area contributed by atoms with Crippen LogP contribution in [-0.4, -0.2) is 68.8 Å². The van der Waals surface area contributed by atoms with Crippen molar-refractivity contribution in [3.63, 3.8) is 0 Å². The Morgan fingerprint density at radius 1 is 1.06 bits per heavy atom. The number of nitrogens with zero attached hydrogens (tertiary/aromatic N) is 3. The summed E-state index contributed by atoms with van der Waals surface area (Å²) < 4.78 is 33.5. The van der Waals surface area contributed by atoms with Gasteiger partial charge in [0.15, 0.2) is 6.61 Å². The summed E-state index contributed by atoms with van der Waals surface area (Å²) in [6.07, 6.45) is 5.67. The number of carbonyl (C=O) groups excluding carboxylic acids is 2. The van der Waals surface area contributed by atoms with Crippen LogP contribution in [0.5, 0.6) is 5.75 Å². The molecule has 3 aliphatic rings. The zero-order chi connectivity index (χ0) is 22.0. The largest absolute Gasteiger partial charge is 0.482 e. The van der Waals surface area contributed by atoms with Crippen molar-refractivity contribution in [1.82, 2.24) is 9.21 Å². The van der Waals surface area contributed by atoms with Gasteiger partial charge in [0, 0.05) is 26.2 Å². The third kappa shape index (κ3) is 4.72. The molecule has 0 aliphatic carbocycles. The first kappa shape index (κ1) is 22.1. The molecular weight excluding hydrogens is 418 g/mol. The number of ether oxygens (including phenoxy) is 1. The second kappa shape index (κ2) is 9.16. The van der Waals surface area contributed by atoms with Crippen molar-refractivity contribution in [3.05, 3.63) is 18.2 Å². The van der Waals surface area contributed by atoms with Gasteiger partial charge in [0.25, 0.3) is 5.91 Å². The quantitative estimate of drug-likeness (QED) is 0.704. The van der Waals surface area contributed by atoms with E-state index in [0.29, 0.717) is 43.5 Å². The van der Waals surface area contributed by atoms with Gasteiger partial charge in [-0.1, -0.05) is 19.8 Å². The normalized spacial score (nSPS) is 21.4. The Hall–Kier alpha value is -2.13. The summed E-state index contributed by atoms with van der Waals surface area (Å²) in [6.45, 7) is 4.31. The molecule has 0 unspecified atom stereocenters. The average molecular weight is 450 g/mol. The van der Waals surface area contributed by atoms with Gasteiger partial charge in [-0.05, 0) is 49.8 Å². The number of piperidine rings is 1. The van der Waals surface area contributed by atoms with E-state index in [1.807, 2.05) is 0 Å². The van der Waals surface area contributed by atoms with Gasteiger partial charge in [-0.15, -0.1) is 0 Å². The molecule has 0 radical (unpaired) electrons. The highest BCUT2D eigenvalue weighted by atomic mass is 32.2. The lowest BCUT2D eigenvalue weighted by Gasteiger charge is -2.34. The van der Waals surface area contributed by atoms with Crippen molar-refractivity contribution in [2.75, 3.05) is 44.2 Å². The highest BCUT2D eigenvalue weighted by Crippen LogP contribution is 2.35. The molecule has 0 bridgehead atoms. The number of anilines is 1. The average Bonchev–Trinajstić information content (AvgIpc) is 3.06. The Labute approximate surface area is 184 Å². The molecule has 31 heavy (non-hydrogen) atoms. The van der Waals surface area contributed by atoms with E-state index >= 15 is 0 Å². The zero-order valence-electron chi connectivity index (χ0n) is 18.1. The standard InChI is InChI=1S/C22H31N3O5S/c1-17-8-12-23(13-9-17)21(26)15-25-19-14-18(6-7-20(19)30-16-22(25)27)31(28,29)24-10-4-2-3-5-11-24/h6-7,14,17H,2-5,8-13,15-16H2,1H3. The molecule has 1 aromatic carbocycles. The van der Waals surface area contributed by atoms with Gasteiger partial charge in [-0.3, -0.25) is 14.5 Å². The topological polar surface area (TPSA) is 87.2 Å². The fourth-order valence-corrected chi connectivity index (χ4v) is 5.98. The van der Waals surface area contributed by atoms with Crippen LogP contribution in [0.1, 0.15) is 45.4 Å². The second-order valence-electron chi connectivity index (χ2n) is 8.78. The number of amides is 2. The van der Waals surface area contributed by atoms with Crippen LogP contribution in [0.25, 0.3) is 0 Å². The molecule has 8 nitrogen and oxygen atoms in total. The van der Waals surface area contributed by atoms with Crippen LogP contribution in [0.4, 0.5) is 5.69 Å². The van der Waals surface area contributed by atoms with E-state index in [9.17, 15) is 18.0 Å². The second-order valence-corrected chi connectivity index (χ2v) is 10.7. The van der Waals surface area contributed by atoms with Crippen LogP contribution in [0, 0.1) is 5.92 Å². The van der Waals surface area contributed by atoms with E-state index in [1.54, 1.807) is 11.0 Å². The van der Waals surface area contributed by atoms with Crippen LogP contribution < -0.4 is 9.64 Å². The Kier molecular flexibility index (Phi) is 6.52. The maximum absolute atomic E-state index is 13.2. The summed E-state index contributed by atoms with van der Waals surface area (Å²) in [4.78, 5) is 28.8. The lowest BCUT2D eigenvalue weighted by atomic mass is 9.99. The molecule has 2 amide bonds. The minimum Gasteiger partial charge on any atom is -0.482 e. The summed E-state index contributed by atoms with van der Waals surface area (Å²) in [5.74, 6) is 0.570. The number of fused-ring (bicyclic) bond motifs is 1. The maximum atomic E-state index is 13.2. The smallest absolute Gasteiger partial charge is 0.265 e. The molecule has 0 spiro atoms. The van der Waals surface area contributed by atoms with Crippen molar-refractivity contribution in [2.24, 2.45) is 5.92 Å². The molecule has 0 atom stereocenters. The predicted molar refractivity (Wildman–Crippen MR) is 116 cm³/mol. The number of benzene rings is 1. The first-order chi connectivity index (χ1) is 14.9. The van der Waals surface area contributed by atoms with E-state index in [-0.39, 0.29) is 29.9 Å². The van der Waals surface area contributed by atoms with Gasteiger partial charge in [0.1, 0.15) is 12.3 Å². The number of carbonyl (C=O) groups is 2. The van der Waals surface area contributed by atoms with E-state index in [4.69, 9.17) is 4.74 Å². The zero-order valence-corrected chi connectivity index (χ0v) is 18.9. The number of sulfonamides is 1. The first-order valence-corrected chi connectivity index (χ1v) is 12.7. The summed E-state index contributed by atoms with van der Waals surface area (Å²) in [7, 11) is -3.67. The summed E-state index contributed by atoms with van der Waals surface area (Å²) in [6, 6.07) is 4.60. The molecule has 3 heterocycles. The van der Waals surface area contributed by atoms with Crippen LogP contribution in [-0.2, 0) is 19.6 Å². The van der Waals surface area contributed by atoms with Crippen LogP contribution >= 0.6 is 0 Å². The van der Waals surface area contributed by atoms with Crippen molar-refractivity contribution in [3.8, 4) is 5.75 Å². The Balaban J connectivity index is 1.58. The van der Waals surface area contributed by atoms with E-state index < -0.39 is 10.0 Å². The molecule has 9 heteroatoms. The molecule has 2 saturated heterocycles. The van der Waals surface area contributed by atoms with Crippen molar-refractivity contribution < 1.29 is 22.7 Å². The number of rotatable bonds is 4. The molecule has 0 saturated carbocycles. The lowest BCUT2D eigenvalue weighted by molar-refractivity contribution is -0.133. The summed E-state index contributed by atoms with van der Waals surface area (Å²) in [5.41, 5.74) is 0.353. The molecule has 3 aliphatic heterocycles. The van der Waals surface area contributed by atoms with Gasteiger partial charge in [0.05, 0.1) is 10.6 Å². The van der Waals surface area contributed by atoms with E-state index in [1.165, 1.54) is 21.3 Å². The lowest BCUT2D eigenvalue weighted by Crippen LogP contribution is -2.48. The molecule has 1 aromatic rings. The number of likely N-dealkylation sites (tertiary alicyclic amines) is 1. The Morgan fingerprint density at radius 3 is 2.42 bits per heavy atom. The fourth-order valence-electron chi connectivity index (χ4n) is 4.44. The molecule has 4 rings (SSSR count). The van der Waals surface area contributed by atoms with Crippen molar-refractivity contribution >= 4 is 27.5 Å². The fraction of sp³-hybridized carbons (Fsp3) is 0.636. The van der Waals surface area contributed by atoms with Crippen molar-refractivity contribution in [1.29, 1.82) is 0 Å². The minimum atomic E-state index is -3.67. The highest BCUT2D eigenvalue weighted by Gasteiger charge is 2.32. The third-order valence-corrected chi connectivity index (χ3v) is 8.40. The summed E-state index contributed by atoms with van der Waals surface area (Å²) in [5, 5.41) is 0. The first-order valence-electron chi connectivity index (χ1n) is 11.2. The number of hydrogen-bond donors (Lipinski definition) is 0. The van der Waals surface area contributed by atoms with Crippen LogP contribution in [0.2, 0.25) is 0 Å². The predicted octanol–water partition coefficient (Wildman–Crippen LogP) is 2.24. The highest BCUT2D eigenvalue weighted by molar-refractivity contribution is 7.89. The maximum Gasteiger partial charge on any atom is 0.265 e. The minimum absolute atomic E-state index is 0.100. The molecule has 2 fully saturated rings. The molecule has 0 aromatic heterocycles. The van der Waals surface area contributed by atoms with Crippen molar-refractivity contribution in [2.45, 2.75) is 50.3 Å². The van der Waals surface area contributed by atoms with E-state index in [0.717, 1.165) is 38.5 Å². The molecule has 170 valence electrons. The van der Waals surface area contributed by atoms with Gasteiger partial charge in [-0.2, -0.15) is 4.31 Å². The Morgan fingerprint density at radius 2 is 1.74 bits per heavy atom. The molecular formula is C22H31N3O5S. The van der Waals surface area contributed by atoms with Crippen LogP contribution in [0.15, 0.2) is 23.1 Å². The molecule has 0 N–H and O–H groups in total. The SMILES string of the molecule is CC1CCN(C(=O)CN2C(=O)COc3ccc(S(=O)(=O)N4CCCCCC4)cc32)CC1.